The van der Waals surface area contributed by atoms with Crippen LogP contribution in [0.15, 0.2) is 17.0 Å². The molecular weight excluding hydrogens is 262 g/mol. The fourth-order valence-corrected chi connectivity index (χ4v) is 2.32. The van der Waals surface area contributed by atoms with Gasteiger partial charge in [0, 0.05) is 26.0 Å². The van der Waals surface area contributed by atoms with Crippen LogP contribution in [0.5, 0.6) is 0 Å². The molecule has 0 bridgehead atoms. The van der Waals surface area contributed by atoms with E-state index in [1.54, 1.807) is 13.1 Å². The molecule has 1 N–H and O–H groups in total. The molecule has 0 aromatic carbocycles. The third kappa shape index (κ3) is 2.18. The quantitative estimate of drug-likeness (QED) is 0.871. The van der Waals surface area contributed by atoms with Gasteiger partial charge in [-0.15, -0.1) is 0 Å². The van der Waals surface area contributed by atoms with Gasteiger partial charge in [0.1, 0.15) is 17.6 Å². The molecule has 2 aromatic heterocycles. The van der Waals surface area contributed by atoms with E-state index >= 15 is 0 Å². The number of hydrogen-bond acceptors (Lipinski definition) is 6. The molecule has 0 spiro atoms. The number of rotatable bonds is 3. The van der Waals surface area contributed by atoms with Crippen molar-refractivity contribution in [3.8, 4) is 0 Å². The van der Waals surface area contributed by atoms with Crippen molar-refractivity contribution < 1.29 is 14.2 Å². The summed E-state index contributed by atoms with van der Waals surface area (Å²) in [6.07, 6.45) is 4.04. The zero-order valence-electron chi connectivity index (χ0n) is 11.2. The van der Waals surface area contributed by atoms with Gasteiger partial charge in [-0.05, 0) is 18.5 Å². The molecule has 2 aromatic rings. The zero-order chi connectivity index (χ0) is 14.1. The second kappa shape index (κ2) is 5.04. The van der Waals surface area contributed by atoms with E-state index in [0.29, 0.717) is 12.3 Å². The minimum Gasteiger partial charge on any atom is -0.368 e. The molecule has 0 unspecified atom stereocenters. The van der Waals surface area contributed by atoms with E-state index in [-0.39, 0.29) is 23.7 Å². The molecule has 3 heterocycles. The van der Waals surface area contributed by atoms with Crippen LogP contribution in [-0.4, -0.2) is 38.4 Å². The molecule has 0 radical (unpaired) electrons. The van der Waals surface area contributed by atoms with Gasteiger partial charge in [0.2, 0.25) is 0 Å². The molecule has 0 aliphatic carbocycles. The van der Waals surface area contributed by atoms with Gasteiger partial charge in [-0.25, -0.2) is 9.61 Å². The number of carbonyl (C=O) groups excluding carboxylic acids is 1. The first kappa shape index (κ1) is 12.8. The number of nitrogens with zero attached hydrogens (tertiary/aromatic N) is 4. The minimum atomic E-state index is -0.307. The minimum absolute atomic E-state index is 0.139. The molecule has 8 nitrogen and oxygen atoms in total. The van der Waals surface area contributed by atoms with Crippen molar-refractivity contribution in [3.05, 3.63) is 29.6 Å². The van der Waals surface area contributed by atoms with Crippen LogP contribution in [0.1, 0.15) is 34.5 Å². The van der Waals surface area contributed by atoms with Crippen molar-refractivity contribution in [1.82, 2.24) is 25.2 Å². The Morgan fingerprint density at radius 1 is 1.50 bits per heavy atom. The Morgan fingerprint density at radius 3 is 3.00 bits per heavy atom. The molecule has 106 valence electrons. The third-order valence-corrected chi connectivity index (χ3v) is 3.39. The van der Waals surface area contributed by atoms with Crippen LogP contribution in [0.3, 0.4) is 0 Å². The van der Waals surface area contributed by atoms with Gasteiger partial charge >= 0.3 is 0 Å². The topological polar surface area (TPSA) is 95.1 Å². The van der Waals surface area contributed by atoms with Crippen molar-refractivity contribution in [3.63, 3.8) is 0 Å². The predicted molar refractivity (Wildman–Crippen MR) is 66.8 cm³/mol. The molecule has 0 saturated carbocycles. The molecule has 1 fully saturated rings. The van der Waals surface area contributed by atoms with Gasteiger partial charge in [0.25, 0.3) is 5.91 Å². The van der Waals surface area contributed by atoms with Crippen molar-refractivity contribution in [2.45, 2.75) is 25.5 Å². The molecular formula is C12H15N5O3. The van der Waals surface area contributed by atoms with E-state index in [0.717, 1.165) is 12.2 Å². The fraction of sp³-hybridized carbons (Fsp3) is 0.500. The lowest BCUT2D eigenvalue weighted by molar-refractivity contribution is 0.0773. The molecule has 20 heavy (non-hydrogen) atoms. The van der Waals surface area contributed by atoms with E-state index in [4.69, 9.17) is 4.74 Å². The standard InChI is InChI=1S/C12H15N5O3/c1-7-9(16-20-15-7)12(18)14-8-3-6-19-10(8)11-13-4-5-17(11)2/h4-5,8,10H,3,6H2,1-2H3,(H,14,18)/t8-,10-/m0/s1. The Balaban J connectivity index is 1.75. The molecule has 1 amide bonds. The average molecular weight is 277 g/mol. The summed E-state index contributed by atoms with van der Waals surface area (Å²) in [5.41, 5.74) is 0.672. The molecule has 8 heteroatoms. The van der Waals surface area contributed by atoms with Crippen LogP contribution in [0.2, 0.25) is 0 Å². The van der Waals surface area contributed by atoms with Gasteiger partial charge in [0.15, 0.2) is 5.69 Å². The van der Waals surface area contributed by atoms with Crippen LogP contribution in [0.4, 0.5) is 0 Å². The van der Waals surface area contributed by atoms with Crippen LogP contribution in [-0.2, 0) is 11.8 Å². The summed E-state index contributed by atoms with van der Waals surface area (Å²) in [6, 6.07) is -0.139. The van der Waals surface area contributed by atoms with E-state index < -0.39 is 0 Å². The third-order valence-electron chi connectivity index (χ3n) is 3.39. The zero-order valence-corrected chi connectivity index (χ0v) is 11.2. The van der Waals surface area contributed by atoms with Gasteiger partial charge in [-0.2, -0.15) is 0 Å². The summed E-state index contributed by atoms with van der Waals surface area (Å²) in [5.74, 6) is 0.487. The Kier molecular flexibility index (Phi) is 3.23. The van der Waals surface area contributed by atoms with Crippen LogP contribution in [0.25, 0.3) is 0 Å². The fourth-order valence-electron chi connectivity index (χ4n) is 2.32. The molecule has 3 rings (SSSR count). The summed E-state index contributed by atoms with van der Waals surface area (Å²) >= 11 is 0. The number of hydrogen-bond donors (Lipinski definition) is 1. The maximum absolute atomic E-state index is 12.1. The number of carbonyl (C=O) groups is 1. The molecule has 1 aliphatic rings. The summed E-state index contributed by atoms with van der Waals surface area (Å²) in [6.45, 7) is 2.26. The van der Waals surface area contributed by atoms with Crippen LogP contribution < -0.4 is 5.32 Å². The second-order valence-corrected chi connectivity index (χ2v) is 4.75. The van der Waals surface area contributed by atoms with Crippen LogP contribution in [0, 0.1) is 6.92 Å². The highest BCUT2D eigenvalue weighted by molar-refractivity contribution is 5.93. The number of ether oxygens (including phenoxy) is 1. The van der Waals surface area contributed by atoms with Gasteiger partial charge in [-0.1, -0.05) is 5.16 Å². The van der Waals surface area contributed by atoms with Crippen molar-refractivity contribution >= 4 is 5.91 Å². The summed E-state index contributed by atoms with van der Waals surface area (Å²) in [7, 11) is 1.90. The average Bonchev–Trinajstić information content (AvgIpc) is 3.10. The summed E-state index contributed by atoms with van der Waals surface area (Å²) in [4.78, 5) is 16.4. The van der Waals surface area contributed by atoms with Crippen molar-refractivity contribution in [2.24, 2.45) is 7.05 Å². The Bertz CT molecular complexity index is 620. The summed E-state index contributed by atoms with van der Waals surface area (Å²) in [5, 5.41) is 10.1. The predicted octanol–water partition coefficient (Wildman–Crippen LogP) is 0.372. The maximum Gasteiger partial charge on any atom is 0.275 e. The van der Waals surface area contributed by atoms with E-state index in [2.05, 4.69) is 25.2 Å². The Labute approximate surface area is 115 Å². The Morgan fingerprint density at radius 2 is 2.35 bits per heavy atom. The first-order chi connectivity index (χ1) is 9.66. The highest BCUT2D eigenvalue weighted by Gasteiger charge is 2.34. The van der Waals surface area contributed by atoms with Gasteiger partial charge in [0.05, 0.1) is 6.04 Å². The molecule has 1 aliphatic heterocycles. The number of aromatic nitrogens is 4. The highest BCUT2D eigenvalue weighted by atomic mass is 16.6. The maximum atomic E-state index is 12.1. The SMILES string of the molecule is Cc1nonc1C(=O)N[C@H]1CCO[C@@H]1c1nccn1C. The molecule has 1 saturated heterocycles. The van der Waals surface area contributed by atoms with Crippen LogP contribution >= 0.6 is 0 Å². The second-order valence-electron chi connectivity index (χ2n) is 4.75. The lowest BCUT2D eigenvalue weighted by Crippen LogP contribution is -2.38. The van der Waals surface area contributed by atoms with E-state index in [1.807, 2.05) is 17.8 Å². The van der Waals surface area contributed by atoms with Gasteiger partial charge in [-0.3, -0.25) is 4.79 Å². The van der Waals surface area contributed by atoms with E-state index in [9.17, 15) is 4.79 Å². The first-order valence-corrected chi connectivity index (χ1v) is 6.35. The number of imidazole rings is 1. The lowest BCUT2D eigenvalue weighted by Gasteiger charge is -2.19. The number of aryl methyl sites for hydroxylation is 2. The van der Waals surface area contributed by atoms with Crippen molar-refractivity contribution in [1.29, 1.82) is 0 Å². The smallest absolute Gasteiger partial charge is 0.275 e. The van der Waals surface area contributed by atoms with Crippen molar-refractivity contribution in [2.75, 3.05) is 6.61 Å². The highest BCUT2D eigenvalue weighted by Crippen LogP contribution is 2.27. The van der Waals surface area contributed by atoms with Gasteiger partial charge < -0.3 is 14.6 Å². The number of amides is 1. The normalized spacial score (nSPS) is 22.1. The summed E-state index contributed by atoms with van der Waals surface area (Å²) < 4.78 is 12.1. The number of nitrogens with one attached hydrogen (secondary N) is 1. The first-order valence-electron chi connectivity index (χ1n) is 6.35. The van der Waals surface area contributed by atoms with E-state index in [1.165, 1.54) is 0 Å². The Hall–Kier alpha value is -2.22. The largest absolute Gasteiger partial charge is 0.368 e. The molecule has 2 atom stereocenters. The monoisotopic (exact) mass is 277 g/mol. The lowest BCUT2D eigenvalue weighted by atomic mass is 10.1.